The number of benzene rings is 2. The molecule has 3 amide bonds. The summed E-state index contributed by atoms with van der Waals surface area (Å²) in [4.78, 5) is 43.4. The van der Waals surface area contributed by atoms with Gasteiger partial charge in [-0.2, -0.15) is 5.10 Å². The van der Waals surface area contributed by atoms with Gasteiger partial charge in [-0.25, -0.2) is 18.8 Å². The predicted octanol–water partition coefficient (Wildman–Crippen LogP) is 4.96. The van der Waals surface area contributed by atoms with E-state index in [9.17, 15) is 14.4 Å². The highest BCUT2D eigenvalue weighted by molar-refractivity contribution is 5.95. The van der Waals surface area contributed by atoms with Crippen LogP contribution in [0.15, 0.2) is 42.6 Å². The number of carbonyl (C=O) groups is 3. The largest absolute Gasteiger partial charge is 0.465 e. The van der Waals surface area contributed by atoms with Crippen molar-refractivity contribution in [3.63, 3.8) is 0 Å². The minimum absolute atomic E-state index is 0.0243. The summed E-state index contributed by atoms with van der Waals surface area (Å²) in [5.74, 6) is -1.23. The number of anilines is 1. The zero-order chi connectivity index (χ0) is 29.5. The quantitative estimate of drug-likeness (QED) is 0.415. The van der Waals surface area contributed by atoms with Gasteiger partial charge in [-0.1, -0.05) is 6.07 Å². The number of halogens is 1. The van der Waals surface area contributed by atoms with Crippen LogP contribution in [-0.4, -0.2) is 76.6 Å². The Balaban J connectivity index is 1.34. The first kappa shape index (κ1) is 28.4. The fourth-order valence-corrected chi connectivity index (χ4v) is 5.54. The van der Waals surface area contributed by atoms with Gasteiger partial charge in [-0.3, -0.25) is 9.58 Å². The smallest absolute Gasteiger partial charge is 0.410 e. The molecule has 0 radical (unpaired) electrons. The Hall–Kier alpha value is -4.15. The van der Waals surface area contributed by atoms with Crippen LogP contribution in [0.25, 0.3) is 10.9 Å². The minimum Gasteiger partial charge on any atom is -0.465 e. The molecule has 2 aliphatic heterocycles. The summed E-state index contributed by atoms with van der Waals surface area (Å²) in [6.07, 6.45) is 2.96. The number of piperidine rings is 1. The van der Waals surface area contributed by atoms with E-state index in [4.69, 9.17) is 9.47 Å². The van der Waals surface area contributed by atoms with Gasteiger partial charge in [0.15, 0.2) is 0 Å². The lowest BCUT2D eigenvalue weighted by molar-refractivity contribution is -0.0548. The normalized spacial score (nSPS) is 16.4. The summed E-state index contributed by atoms with van der Waals surface area (Å²) >= 11 is 0. The molecule has 0 unspecified atom stereocenters. The number of likely N-dealkylation sites (tertiary alicyclic amines) is 2. The fraction of sp³-hybridized carbons (Fsp3) is 0.467. The van der Waals surface area contributed by atoms with Gasteiger partial charge in [-0.15, -0.1) is 0 Å². The lowest BCUT2D eigenvalue weighted by Crippen LogP contribution is -2.63. The number of carbonyl (C=O) groups excluding carboxylic acids is 3. The summed E-state index contributed by atoms with van der Waals surface area (Å²) < 4.78 is 27.1. The number of fused-ring (bicyclic) bond motifs is 1. The third-order valence-corrected chi connectivity index (χ3v) is 7.88. The summed E-state index contributed by atoms with van der Waals surface area (Å²) in [6, 6.07) is 9.49. The van der Waals surface area contributed by atoms with E-state index in [1.165, 1.54) is 19.2 Å². The SMILES string of the molecule is COC(=O)c1ccc(CN(C(=O)N2CCC3(CC2)CN(C(=O)OC(C)(C)C)C3)c2ccc3cnn(C)c3c2)c(F)c1. The van der Waals surface area contributed by atoms with E-state index >= 15 is 4.39 Å². The first-order valence-corrected chi connectivity index (χ1v) is 13.7. The summed E-state index contributed by atoms with van der Waals surface area (Å²) in [7, 11) is 3.07. The molecular formula is C30H36FN5O5. The highest BCUT2D eigenvalue weighted by atomic mass is 19.1. The number of ether oxygens (including phenoxy) is 2. The molecule has 11 heteroatoms. The van der Waals surface area contributed by atoms with Crippen molar-refractivity contribution < 1.29 is 28.2 Å². The van der Waals surface area contributed by atoms with Crippen LogP contribution in [0.3, 0.4) is 0 Å². The molecule has 0 N–H and O–H groups in total. The number of rotatable bonds is 4. The molecule has 0 atom stereocenters. The van der Waals surface area contributed by atoms with E-state index in [-0.39, 0.29) is 35.2 Å². The average molecular weight is 566 g/mol. The van der Waals surface area contributed by atoms with E-state index in [2.05, 4.69) is 5.10 Å². The molecule has 2 fully saturated rings. The van der Waals surface area contributed by atoms with Crippen molar-refractivity contribution in [2.75, 3.05) is 38.2 Å². The second-order valence-corrected chi connectivity index (χ2v) is 12.0. The molecule has 0 bridgehead atoms. The number of amides is 3. The van der Waals surface area contributed by atoms with Crippen LogP contribution in [-0.2, 0) is 23.1 Å². The van der Waals surface area contributed by atoms with Crippen LogP contribution in [0.2, 0.25) is 0 Å². The Morgan fingerprint density at radius 1 is 1.05 bits per heavy atom. The molecule has 2 aromatic carbocycles. The van der Waals surface area contributed by atoms with Gasteiger partial charge in [0.25, 0.3) is 0 Å². The van der Waals surface area contributed by atoms with Gasteiger partial charge in [0.1, 0.15) is 11.4 Å². The fourth-order valence-electron chi connectivity index (χ4n) is 5.54. The van der Waals surface area contributed by atoms with E-state index in [1.54, 1.807) is 25.6 Å². The number of aryl methyl sites for hydroxylation is 1. The Kier molecular flexibility index (Phi) is 7.39. The Morgan fingerprint density at radius 3 is 2.39 bits per heavy atom. The number of urea groups is 1. The van der Waals surface area contributed by atoms with Crippen molar-refractivity contribution in [2.24, 2.45) is 12.5 Å². The van der Waals surface area contributed by atoms with Crippen LogP contribution < -0.4 is 4.90 Å². The maximum absolute atomic E-state index is 15.1. The Morgan fingerprint density at radius 2 is 1.76 bits per heavy atom. The second kappa shape index (κ2) is 10.7. The molecule has 0 saturated carbocycles. The number of esters is 1. The van der Waals surface area contributed by atoms with Crippen molar-refractivity contribution >= 4 is 34.7 Å². The summed E-state index contributed by atoms with van der Waals surface area (Å²) in [6.45, 7) is 7.80. The van der Waals surface area contributed by atoms with Crippen molar-refractivity contribution in [2.45, 2.75) is 45.8 Å². The number of aromatic nitrogens is 2. The molecule has 1 aromatic heterocycles. The van der Waals surface area contributed by atoms with Crippen LogP contribution in [0.1, 0.15) is 49.5 Å². The zero-order valence-electron chi connectivity index (χ0n) is 24.1. The van der Waals surface area contributed by atoms with Gasteiger partial charge in [0.2, 0.25) is 0 Å². The summed E-state index contributed by atoms with van der Waals surface area (Å²) in [5, 5.41) is 5.22. The van der Waals surface area contributed by atoms with E-state index in [0.717, 1.165) is 29.8 Å². The third-order valence-electron chi connectivity index (χ3n) is 7.88. The molecule has 0 aliphatic carbocycles. The third kappa shape index (κ3) is 5.84. The van der Waals surface area contributed by atoms with Crippen LogP contribution >= 0.6 is 0 Å². The molecule has 218 valence electrons. The standard InChI is InChI=1S/C30H36FN5O5/c1-29(2,3)41-28(39)35-18-30(19-35)10-12-34(13-11-30)27(38)36(23-9-8-21-16-32-33(4)25(21)15-23)17-22-7-6-20(14-24(22)31)26(37)40-5/h6-9,14-16H,10-13,17-19H2,1-5H3. The molecule has 10 nitrogen and oxygen atoms in total. The lowest BCUT2D eigenvalue weighted by Gasteiger charge is -2.53. The summed E-state index contributed by atoms with van der Waals surface area (Å²) in [5.41, 5.74) is 1.26. The van der Waals surface area contributed by atoms with Crippen LogP contribution in [0, 0.1) is 11.2 Å². The zero-order valence-corrected chi connectivity index (χ0v) is 24.1. The average Bonchev–Trinajstić information content (AvgIpc) is 3.29. The van der Waals surface area contributed by atoms with Crippen molar-refractivity contribution in [3.8, 4) is 0 Å². The van der Waals surface area contributed by atoms with Crippen molar-refractivity contribution in [3.05, 3.63) is 59.5 Å². The molecular weight excluding hydrogens is 529 g/mol. The van der Waals surface area contributed by atoms with Gasteiger partial charge < -0.3 is 19.3 Å². The van der Waals surface area contributed by atoms with Crippen LogP contribution in [0.4, 0.5) is 19.7 Å². The number of hydrogen-bond donors (Lipinski definition) is 0. The van der Waals surface area contributed by atoms with E-state index < -0.39 is 17.4 Å². The number of methoxy groups -OCH3 is 1. The van der Waals surface area contributed by atoms with Gasteiger partial charge in [0, 0.05) is 55.3 Å². The first-order chi connectivity index (χ1) is 19.4. The maximum atomic E-state index is 15.1. The van der Waals surface area contributed by atoms with E-state index in [0.29, 0.717) is 31.9 Å². The highest BCUT2D eigenvalue weighted by Gasteiger charge is 2.48. The van der Waals surface area contributed by atoms with Gasteiger partial charge in [-0.05, 0) is 63.9 Å². The molecule has 5 rings (SSSR count). The lowest BCUT2D eigenvalue weighted by atomic mass is 9.72. The minimum atomic E-state index is -0.631. The predicted molar refractivity (Wildman–Crippen MR) is 151 cm³/mol. The first-order valence-electron chi connectivity index (χ1n) is 13.7. The topological polar surface area (TPSA) is 97.2 Å². The van der Waals surface area contributed by atoms with Gasteiger partial charge >= 0.3 is 18.1 Å². The van der Waals surface area contributed by atoms with Crippen molar-refractivity contribution in [1.29, 1.82) is 0 Å². The molecule has 3 aromatic rings. The Labute approximate surface area is 238 Å². The van der Waals surface area contributed by atoms with Crippen molar-refractivity contribution in [1.82, 2.24) is 19.6 Å². The number of hydrogen-bond acceptors (Lipinski definition) is 6. The van der Waals surface area contributed by atoms with E-state index in [1.807, 2.05) is 46.0 Å². The molecule has 3 heterocycles. The van der Waals surface area contributed by atoms with Gasteiger partial charge in [0.05, 0.1) is 30.9 Å². The number of nitrogens with zero attached hydrogens (tertiary/aromatic N) is 5. The molecule has 1 spiro atoms. The molecule has 41 heavy (non-hydrogen) atoms. The monoisotopic (exact) mass is 565 g/mol. The Bertz CT molecular complexity index is 1480. The van der Waals surface area contributed by atoms with Crippen LogP contribution in [0.5, 0.6) is 0 Å². The molecule has 2 aliphatic rings. The molecule has 2 saturated heterocycles. The second-order valence-electron chi connectivity index (χ2n) is 12.0. The highest BCUT2D eigenvalue weighted by Crippen LogP contribution is 2.41. The maximum Gasteiger partial charge on any atom is 0.410 e.